The lowest BCUT2D eigenvalue weighted by Crippen LogP contribution is -2.05. The predicted octanol–water partition coefficient (Wildman–Crippen LogP) is 1.10. The van der Waals surface area contributed by atoms with Crippen LogP contribution in [0.25, 0.3) is 11.0 Å². The molecule has 0 unspecified atom stereocenters. The van der Waals surface area contributed by atoms with Crippen LogP contribution in [0.4, 0.5) is 11.6 Å². The fourth-order valence-electron chi connectivity index (χ4n) is 1.31. The van der Waals surface area contributed by atoms with Crippen molar-refractivity contribution in [3.63, 3.8) is 0 Å². The Bertz CT molecular complexity index is 489. The average molecular weight is 190 g/mol. The van der Waals surface area contributed by atoms with E-state index in [-0.39, 0.29) is 5.91 Å². The van der Waals surface area contributed by atoms with Crippen molar-refractivity contribution in [2.24, 2.45) is 0 Å². The van der Waals surface area contributed by atoms with Gasteiger partial charge >= 0.3 is 0 Å². The highest BCUT2D eigenvalue weighted by molar-refractivity contribution is 5.91. The largest absolute Gasteiger partial charge is 0.369 e. The van der Waals surface area contributed by atoms with E-state index in [0.717, 1.165) is 16.7 Å². The molecule has 0 aliphatic heterocycles. The maximum Gasteiger partial charge on any atom is 0.221 e. The molecule has 0 saturated heterocycles. The number of imidazole rings is 1. The zero-order valence-electron chi connectivity index (χ0n) is 7.66. The van der Waals surface area contributed by atoms with Crippen LogP contribution < -0.4 is 11.1 Å². The second kappa shape index (κ2) is 3.02. The Balaban J connectivity index is 2.45. The lowest BCUT2D eigenvalue weighted by atomic mass is 10.3. The van der Waals surface area contributed by atoms with Gasteiger partial charge in [-0.15, -0.1) is 0 Å². The first-order valence-electron chi connectivity index (χ1n) is 4.18. The van der Waals surface area contributed by atoms with Gasteiger partial charge in [-0.3, -0.25) is 4.79 Å². The summed E-state index contributed by atoms with van der Waals surface area (Å²) in [5.41, 5.74) is 7.82. The Kier molecular flexibility index (Phi) is 1.85. The van der Waals surface area contributed by atoms with Gasteiger partial charge in [0.1, 0.15) is 0 Å². The van der Waals surface area contributed by atoms with Crippen molar-refractivity contribution in [1.29, 1.82) is 0 Å². The highest BCUT2D eigenvalue weighted by Crippen LogP contribution is 2.17. The number of nitrogens with zero attached hydrogens (tertiary/aromatic N) is 1. The van der Waals surface area contributed by atoms with Crippen LogP contribution in [0.2, 0.25) is 0 Å². The molecule has 1 aromatic heterocycles. The molecule has 0 spiro atoms. The van der Waals surface area contributed by atoms with E-state index >= 15 is 0 Å². The summed E-state index contributed by atoms with van der Waals surface area (Å²) >= 11 is 0. The number of carbonyl (C=O) groups excluding carboxylic acids is 1. The van der Waals surface area contributed by atoms with Gasteiger partial charge in [0.25, 0.3) is 0 Å². The normalized spacial score (nSPS) is 10.4. The van der Waals surface area contributed by atoms with Gasteiger partial charge in [0.2, 0.25) is 5.91 Å². The quantitative estimate of drug-likeness (QED) is 0.629. The van der Waals surface area contributed by atoms with Crippen molar-refractivity contribution in [2.75, 3.05) is 11.1 Å². The average Bonchev–Trinajstić information content (AvgIpc) is 2.42. The molecule has 0 bridgehead atoms. The second-order valence-electron chi connectivity index (χ2n) is 3.04. The van der Waals surface area contributed by atoms with Crippen LogP contribution in [0.3, 0.4) is 0 Å². The molecule has 2 aromatic rings. The topological polar surface area (TPSA) is 83.8 Å². The third kappa shape index (κ3) is 1.52. The molecule has 0 aliphatic carbocycles. The Labute approximate surface area is 80.3 Å². The van der Waals surface area contributed by atoms with Crippen LogP contribution >= 0.6 is 0 Å². The molecule has 0 saturated carbocycles. The summed E-state index contributed by atoms with van der Waals surface area (Å²) in [6.07, 6.45) is 0. The smallest absolute Gasteiger partial charge is 0.221 e. The van der Waals surface area contributed by atoms with Crippen molar-refractivity contribution >= 4 is 28.6 Å². The van der Waals surface area contributed by atoms with E-state index in [1.54, 1.807) is 18.2 Å². The number of nitrogens with two attached hydrogens (primary N) is 1. The molecule has 1 aromatic carbocycles. The van der Waals surface area contributed by atoms with Gasteiger partial charge in [-0.25, -0.2) is 4.98 Å². The lowest BCUT2D eigenvalue weighted by molar-refractivity contribution is -0.114. The van der Waals surface area contributed by atoms with Gasteiger partial charge in [0, 0.05) is 12.6 Å². The summed E-state index contributed by atoms with van der Waals surface area (Å²) in [5, 5.41) is 2.68. The van der Waals surface area contributed by atoms with E-state index in [1.807, 2.05) is 0 Å². The summed E-state index contributed by atoms with van der Waals surface area (Å²) in [4.78, 5) is 17.7. The predicted molar refractivity (Wildman–Crippen MR) is 54.8 cm³/mol. The molecule has 5 nitrogen and oxygen atoms in total. The van der Waals surface area contributed by atoms with Crippen molar-refractivity contribution < 1.29 is 4.79 Å². The van der Waals surface area contributed by atoms with Crippen molar-refractivity contribution in [3.05, 3.63) is 18.2 Å². The Morgan fingerprint density at radius 3 is 3.07 bits per heavy atom. The first-order chi connectivity index (χ1) is 6.65. The SMILES string of the molecule is CC(=O)Nc1ccc2nc(N)[nH]c2c1. The molecule has 1 amide bonds. The van der Waals surface area contributed by atoms with Gasteiger partial charge in [0.05, 0.1) is 11.0 Å². The minimum Gasteiger partial charge on any atom is -0.369 e. The zero-order chi connectivity index (χ0) is 10.1. The van der Waals surface area contributed by atoms with E-state index in [1.165, 1.54) is 6.92 Å². The molecule has 4 N–H and O–H groups in total. The second-order valence-corrected chi connectivity index (χ2v) is 3.04. The standard InChI is InChI=1S/C9H10N4O/c1-5(14)11-6-2-3-7-8(4-6)13-9(10)12-7/h2-4H,1H3,(H,11,14)(H3,10,12,13). The molecule has 2 rings (SSSR count). The number of H-pyrrole nitrogens is 1. The van der Waals surface area contributed by atoms with Crippen LogP contribution in [-0.2, 0) is 4.79 Å². The highest BCUT2D eigenvalue weighted by atomic mass is 16.1. The Hall–Kier alpha value is -2.04. The third-order valence-corrected chi connectivity index (χ3v) is 1.82. The maximum absolute atomic E-state index is 10.8. The van der Waals surface area contributed by atoms with Gasteiger partial charge in [-0.1, -0.05) is 0 Å². The number of anilines is 2. The minimum atomic E-state index is -0.100. The first kappa shape index (κ1) is 8.55. The molecular weight excluding hydrogens is 180 g/mol. The molecular formula is C9H10N4O. The Morgan fingerprint density at radius 2 is 2.36 bits per heavy atom. The van der Waals surface area contributed by atoms with Gasteiger partial charge in [0.15, 0.2) is 5.95 Å². The number of aromatic nitrogens is 2. The summed E-state index contributed by atoms with van der Waals surface area (Å²) in [6.45, 7) is 1.46. The molecule has 0 fully saturated rings. The number of hydrogen-bond donors (Lipinski definition) is 3. The number of nitrogens with one attached hydrogen (secondary N) is 2. The lowest BCUT2D eigenvalue weighted by Gasteiger charge is -2.00. The van der Waals surface area contributed by atoms with Crippen LogP contribution in [-0.4, -0.2) is 15.9 Å². The fourth-order valence-corrected chi connectivity index (χ4v) is 1.31. The van der Waals surface area contributed by atoms with Crippen LogP contribution in [0.15, 0.2) is 18.2 Å². The maximum atomic E-state index is 10.8. The number of aromatic amines is 1. The number of carbonyl (C=O) groups is 1. The first-order valence-corrected chi connectivity index (χ1v) is 4.18. The van der Waals surface area contributed by atoms with Gasteiger partial charge in [-0.05, 0) is 18.2 Å². The zero-order valence-corrected chi connectivity index (χ0v) is 7.66. The molecule has 0 radical (unpaired) electrons. The highest BCUT2D eigenvalue weighted by Gasteiger charge is 2.01. The van der Waals surface area contributed by atoms with Gasteiger partial charge < -0.3 is 16.0 Å². The monoisotopic (exact) mass is 190 g/mol. The van der Waals surface area contributed by atoms with E-state index in [2.05, 4.69) is 15.3 Å². The van der Waals surface area contributed by atoms with Crippen LogP contribution in [0.1, 0.15) is 6.92 Å². The number of fused-ring (bicyclic) bond motifs is 1. The van der Waals surface area contributed by atoms with Crippen molar-refractivity contribution in [2.45, 2.75) is 6.92 Å². The molecule has 72 valence electrons. The fraction of sp³-hybridized carbons (Fsp3) is 0.111. The van der Waals surface area contributed by atoms with Crippen LogP contribution in [0.5, 0.6) is 0 Å². The molecule has 0 aliphatic rings. The van der Waals surface area contributed by atoms with Crippen molar-refractivity contribution in [3.8, 4) is 0 Å². The summed E-state index contributed by atoms with van der Waals surface area (Å²) < 4.78 is 0. The molecule has 1 heterocycles. The van der Waals surface area contributed by atoms with Crippen molar-refractivity contribution in [1.82, 2.24) is 9.97 Å². The summed E-state index contributed by atoms with van der Waals surface area (Å²) in [7, 11) is 0. The minimum absolute atomic E-state index is 0.100. The van der Waals surface area contributed by atoms with Crippen LogP contribution in [0, 0.1) is 0 Å². The number of benzene rings is 1. The third-order valence-electron chi connectivity index (χ3n) is 1.82. The van der Waals surface area contributed by atoms with E-state index in [4.69, 9.17) is 5.73 Å². The Morgan fingerprint density at radius 1 is 1.57 bits per heavy atom. The van der Waals surface area contributed by atoms with E-state index < -0.39 is 0 Å². The van der Waals surface area contributed by atoms with E-state index in [9.17, 15) is 4.79 Å². The summed E-state index contributed by atoms with van der Waals surface area (Å²) in [5.74, 6) is 0.275. The number of nitrogen functional groups attached to an aromatic ring is 1. The molecule has 0 atom stereocenters. The number of rotatable bonds is 1. The molecule has 5 heteroatoms. The summed E-state index contributed by atoms with van der Waals surface area (Å²) in [6, 6.07) is 5.37. The van der Waals surface area contributed by atoms with Gasteiger partial charge in [-0.2, -0.15) is 0 Å². The number of amides is 1. The molecule has 14 heavy (non-hydrogen) atoms. The van der Waals surface area contributed by atoms with E-state index in [0.29, 0.717) is 5.95 Å². The number of hydrogen-bond acceptors (Lipinski definition) is 3.